The predicted molar refractivity (Wildman–Crippen MR) is 68.8 cm³/mol. The average Bonchev–Trinajstić information content (AvgIpc) is 2.70. The number of nitrogen functional groups attached to an aromatic ring is 1. The fourth-order valence-electron chi connectivity index (χ4n) is 1.60. The summed E-state index contributed by atoms with van der Waals surface area (Å²) in [5.41, 5.74) is 8.80. The number of nitrogens with one attached hydrogen (secondary N) is 1. The van der Waals surface area contributed by atoms with E-state index in [0.717, 1.165) is 35.7 Å². The number of benzene rings is 1. The van der Waals surface area contributed by atoms with Crippen LogP contribution in [0.3, 0.4) is 0 Å². The SMILES string of the molecule is Cc1ccc(NCCc2nncn2C)cc1N. The van der Waals surface area contributed by atoms with Crippen LogP contribution in [0.1, 0.15) is 11.4 Å². The molecule has 90 valence electrons. The first-order valence-electron chi connectivity index (χ1n) is 5.59. The Balaban J connectivity index is 1.90. The van der Waals surface area contributed by atoms with E-state index in [1.165, 1.54) is 0 Å². The highest BCUT2D eigenvalue weighted by molar-refractivity contribution is 5.58. The van der Waals surface area contributed by atoms with E-state index in [-0.39, 0.29) is 0 Å². The molecule has 0 unspecified atom stereocenters. The van der Waals surface area contributed by atoms with E-state index in [2.05, 4.69) is 15.5 Å². The van der Waals surface area contributed by atoms with E-state index in [4.69, 9.17) is 5.73 Å². The lowest BCUT2D eigenvalue weighted by Gasteiger charge is -2.08. The van der Waals surface area contributed by atoms with Crippen molar-refractivity contribution in [3.05, 3.63) is 35.9 Å². The van der Waals surface area contributed by atoms with Gasteiger partial charge in [-0.15, -0.1) is 10.2 Å². The first-order valence-corrected chi connectivity index (χ1v) is 5.59. The zero-order valence-electron chi connectivity index (χ0n) is 10.1. The zero-order chi connectivity index (χ0) is 12.3. The molecule has 2 aromatic rings. The minimum absolute atomic E-state index is 0.814. The van der Waals surface area contributed by atoms with Crippen LogP contribution in [0.25, 0.3) is 0 Å². The highest BCUT2D eigenvalue weighted by atomic mass is 15.2. The van der Waals surface area contributed by atoms with Crippen LogP contribution in [-0.4, -0.2) is 21.3 Å². The molecule has 0 saturated heterocycles. The molecule has 0 aliphatic heterocycles. The average molecular weight is 231 g/mol. The van der Waals surface area contributed by atoms with Gasteiger partial charge in [0.05, 0.1) is 0 Å². The van der Waals surface area contributed by atoms with Gasteiger partial charge in [-0.2, -0.15) is 0 Å². The molecule has 0 spiro atoms. The van der Waals surface area contributed by atoms with Gasteiger partial charge in [-0.3, -0.25) is 0 Å². The molecule has 3 N–H and O–H groups in total. The van der Waals surface area contributed by atoms with Crippen molar-refractivity contribution < 1.29 is 0 Å². The number of aromatic nitrogens is 3. The third kappa shape index (κ3) is 2.75. The van der Waals surface area contributed by atoms with E-state index < -0.39 is 0 Å². The fourth-order valence-corrected chi connectivity index (χ4v) is 1.60. The molecule has 5 heteroatoms. The van der Waals surface area contributed by atoms with E-state index in [9.17, 15) is 0 Å². The summed E-state index contributed by atoms with van der Waals surface area (Å²) < 4.78 is 1.92. The van der Waals surface area contributed by atoms with Gasteiger partial charge in [-0.1, -0.05) is 6.07 Å². The molecule has 0 saturated carbocycles. The molecule has 5 nitrogen and oxygen atoms in total. The van der Waals surface area contributed by atoms with Crippen molar-refractivity contribution in [2.75, 3.05) is 17.6 Å². The van der Waals surface area contributed by atoms with Gasteiger partial charge in [-0.05, 0) is 24.6 Å². The van der Waals surface area contributed by atoms with Crippen LogP contribution in [0.15, 0.2) is 24.5 Å². The maximum absolute atomic E-state index is 5.84. The molecule has 0 bridgehead atoms. The van der Waals surface area contributed by atoms with Crippen molar-refractivity contribution in [2.24, 2.45) is 7.05 Å². The molecule has 0 aliphatic rings. The Hall–Kier alpha value is -2.04. The molecule has 0 radical (unpaired) electrons. The predicted octanol–water partition coefficient (Wildman–Crippen LogP) is 1.36. The maximum Gasteiger partial charge on any atom is 0.134 e. The van der Waals surface area contributed by atoms with Crippen LogP contribution in [0.2, 0.25) is 0 Å². The summed E-state index contributed by atoms with van der Waals surface area (Å²) in [7, 11) is 1.94. The zero-order valence-corrected chi connectivity index (χ0v) is 10.1. The van der Waals surface area contributed by atoms with Crippen LogP contribution < -0.4 is 11.1 Å². The molecule has 1 aromatic heterocycles. The lowest BCUT2D eigenvalue weighted by atomic mass is 10.2. The van der Waals surface area contributed by atoms with Crippen LogP contribution in [0, 0.1) is 6.92 Å². The highest BCUT2D eigenvalue weighted by Gasteiger charge is 2.00. The van der Waals surface area contributed by atoms with Crippen molar-refractivity contribution in [1.82, 2.24) is 14.8 Å². The first kappa shape index (κ1) is 11.4. The molecule has 1 aromatic carbocycles. The van der Waals surface area contributed by atoms with E-state index in [1.807, 2.05) is 36.7 Å². The largest absolute Gasteiger partial charge is 0.398 e. The Morgan fingerprint density at radius 2 is 2.24 bits per heavy atom. The Morgan fingerprint density at radius 3 is 2.88 bits per heavy atom. The summed E-state index contributed by atoms with van der Waals surface area (Å²) >= 11 is 0. The molecule has 0 fully saturated rings. The second-order valence-electron chi connectivity index (χ2n) is 4.11. The van der Waals surface area contributed by atoms with Gasteiger partial charge < -0.3 is 15.6 Å². The van der Waals surface area contributed by atoms with Crippen LogP contribution in [-0.2, 0) is 13.5 Å². The maximum atomic E-state index is 5.84. The standard InChI is InChI=1S/C12H17N5/c1-9-3-4-10(7-11(9)13)14-6-5-12-16-15-8-17(12)2/h3-4,7-8,14H,5-6,13H2,1-2H3. The van der Waals surface area contributed by atoms with Gasteiger partial charge in [0, 0.05) is 31.4 Å². The first-order chi connectivity index (χ1) is 8.16. The Labute approximate surface area is 101 Å². The second-order valence-corrected chi connectivity index (χ2v) is 4.11. The third-order valence-electron chi connectivity index (χ3n) is 2.76. The molecular formula is C12H17N5. The Bertz CT molecular complexity index is 503. The van der Waals surface area contributed by atoms with Crippen molar-refractivity contribution in [3.8, 4) is 0 Å². The molecule has 0 amide bonds. The van der Waals surface area contributed by atoms with Crippen molar-refractivity contribution in [2.45, 2.75) is 13.3 Å². The van der Waals surface area contributed by atoms with Crippen LogP contribution in [0.5, 0.6) is 0 Å². The normalized spacial score (nSPS) is 10.5. The van der Waals surface area contributed by atoms with E-state index in [1.54, 1.807) is 6.33 Å². The summed E-state index contributed by atoms with van der Waals surface area (Å²) in [5, 5.41) is 11.2. The van der Waals surface area contributed by atoms with Crippen LogP contribution in [0.4, 0.5) is 11.4 Å². The van der Waals surface area contributed by atoms with Crippen molar-refractivity contribution in [1.29, 1.82) is 0 Å². The van der Waals surface area contributed by atoms with Crippen molar-refractivity contribution >= 4 is 11.4 Å². The van der Waals surface area contributed by atoms with Gasteiger partial charge in [0.2, 0.25) is 0 Å². The number of aryl methyl sites for hydroxylation is 2. The number of nitrogens with two attached hydrogens (primary N) is 1. The number of nitrogens with zero attached hydrogens (tertiary/aromatic N) is 3. The van der Waals surface area contributed by atoms with Crippen LogP contribution >= 0.6 is 0 Å². The van der Waals surface area contributed by atoms with Gasteiger partial charge in [0.25, 0.3) is 0 Å². The molecule has 2 rings (SSSR count). The lowest BCUT2D eigenvalue weighted by molar-refractivity contribution is 0.788. The highest BCUT2D eigenvalue weighted by Crippen LogP contribution is 2.16. The molecule has 0 aliphatic carbocycles. The minimum Gasteiger partial charge on any atom is -0.398 e. The Morgan fingerprint density at radius 1 is 1.41 bits per heavy atom. The van der Waals surface area contributed by atoms with Gasteiger partial charge in [-0.25, -0.2) is 0 Å². The van der Waals surface area contributed by atoms with Gasteiger partial charge >= 0.3 is 0 Å². The summed E-state index contributed by atoms with van der Waals surface area (Å²) in [6, 6.07) is 5.99. The lowest BCUT2D eigenvalue weighted by Crippen LogP contribution is -2.08. The third-order valence-corrected chi connectivity index (χ3v) is 2.76. The fraction of sp³-hybridized carbons (Fsp3) is 0.333. The second kappa shape index (κ2) is 4.86. The number of anilines is 2. The molecular weight excluding hydrogens is 214 g/mol. The monoisotopic (exact) mass is 231 g/mol. The van der Waals surface area contributed by atoms with E-state index in [0.29, 0.717) is 0 Å². The molecule has 0 atom stereocenters. The molecule has 17 heavy (non-hydrogen) atoms. The van der Waals surface area contributed by atoms with Crippen molar-refractivity contribution in [3.63, 3.8) is 0 Å². The summed E-state index contributed by atoms with van der Waals surface area (Å²) in [6.45, 7) is 2.81. The summed E-state index contributed by atoms with van der Waals surface area (Å²) in [4.78, 5) is 0. The number of hydrogen-bond donors (Lipinski definition) is 2. The molecule has 1 heterocycles. The quantitative estimate of drug-likeness (QED) is 0.780. The van der Waals surface area contributed by atoms with Gasteiger partial charge in [0.15, 0.2) is 0 Å². The smallest absolute Gasteiger partial charge is 0.134 e. The minimum atomic E-state index is 0.814. The Kier molecular flexibility index (Phi) is 3.27. The van der Waals surface area contributed by atoms with E-state index >= 15 is 0 Å². The number of rotatable bonds is 4. The summed E-state index contributed by atoms with van der Waals surface area (Å²) in [6.07, 6.45) is 2.55. The van der Waals surface area contributed by atoms with Gasteiger partial charge in [0.1, 0.15) is 12.2 Å². The topological polar surface area (TPSA) is 68.8 Å². The number of hydrogen-bond acceptors (Lipinski definition) is 4. The summed E-state index contributed by atoms with van der Waals surface area (Å²) in [5.74, 6) is 0.970.